The Bertz CT molecular complexity index is 308. The predicted molar refractivity (Wildman–Crippen MR) is 58.6 cm³/mol. The summed E-state index contributed by atoms with van der Waals surface area (Å²) in [4.78, 5) is 2.24. The van der Waals surface area contributed by atoms with Gasteiger partial charge in [-0.05, 0) is 37.8 Å². The molecule has 4 nitrogen and oxygen atoms in total. The minimum atomic E-state index is -0.0397. The summed E-state index contributed by atoms with van der Waals surface area (Å²) in [6, 6.07) is 3.77. The van der Waals surface area contributed by atoms with Crippen molar-refractivity contribution >= 4 is 5.82 Å². The lowest BCUT2D eigenvalue weighted by Crippen LogP contribution is -2.26. The SMILES string of the molecule is CCN(CC1CC1)c1ccc(CO)nn1. The van der Waals surface area contributed by atoms with Crippen molar-refractivity contribution in [2.45, 2.75) is 26.4 Å². The van der Waals surface area contributed by atoms with E-state index in [1.807, 2.05) is 12.1 Å². The zero-order chi connectivity index (χ0) is 10.7. The molecular weight excluding hydrogens is 190 g/mol. The number of hydrogen-bond donors (Lipinski definition) is 1. The normalized spacial score (nSPS) is 15.3. The van der Waals surface area contributed by atoms with Crippen molar-refractivity contribution in [3.05, 3.63) is 17.8 Å². The third-order valence-corrected chi connectivity index (χ3v) is 2.75. The number of aromatic nitrogens is 2. The van der Waals surface area contributed by atoms with Crippen LogP contribution in [0.5, 0.6) is 0 Å². The molecule has 0 amide bonds. The van der Waals surface area contributed by atoms with E-state index in [1.54, 1.807) is 0 Å². The van der Waals surface area contributed by atoms with Crippen LogP contribution in [-0.2, 0) is 6.61 Å². The molecule has 0 aromatic carbocycles. The monoisotopic (exact) mass is 207 g/mol. The van der Waals surface area contributed by atoms with E-state index in [1.165, 1.54) is 12.8 Å². The van der Waals surface area contributed by atoms with Gasteiger partial charge in [-0.15, -0.1) is 5.10 Å². The standard InChI is InChI=1S/C11H17N3O/c1-2-14(7-9-3-4-9)11-6-5-10(8-15)12-13-11/h5-6,9,15H,2-4,7-8H2,1H3. The van der Waals surface area contributed by atoms with Gasteiger partial charge in [-0.2, -0.15) is 5.10 Å². The van der Waals surface area contributed by atoms with E-state index in [2.05, 4.69) is 22.0 Å². The molecule has 4 heteroatoms. The van der Waals surface area contributed by atoms with Crippen LogP contribution in [0, 0.1) is 5.92 Å². The quantitative estimate of drug-likeness (QED) is 0.788. The molecule has 0 saturated heterocycles. The summed E-state index contributed by atoms with van der Waals surface area (Å²) in [5.74, 6) is 1.77. The molecule has 1 aliphatic carbocycles. The number of aliphatic hydroxyl groups is 1. The second-order valence-electron chi connectivity index (χ2n) is 4.02. The Morgan fingerprint density at radius 1 is 1.40 bits per heavy atom. The molecule has 1 aromatic heterocycles. The van der Waals surface area contributed by atoms with Gasteiger partial charge in [-0.25, -0.2) is 0 Å². The van der Waals surface area contributed by atoms with Crippen LogP contribution in [-0.4, -0.2) is 28.4 Å². The summed E-state index contributed by atoms with van der Waals surface area (Å²) in [6.07, 6.45) is 2.69. The molecule has 82 valence electrons. The summed E-state index contributed by atoms with van der Waals surface area (Å²) in [7, 11) is 0. The van der Waals surface area contributed by atoms with Crippen LogP contribution in [0.3, 0.4) is 0 Å². The Morgan fingerprint density at radius 2 is 2.20 bits per heavy atom. The largest absolute Gasteiger partial charge is 0.390 e. The Balaban J connectivity index is 2.03. The Kier molecular flexibility index (Phi) is 3.16. The van der Waals surface area contributed by atoms with Gasteiger partial charge in [0.05, 0.1) is 12.3 Å². The highest BCUT2D eigenvalue weighted by Gasteiger charge is 2.24. The van der Waals surface area contributed by atoms with Crippen LogP contribution in [0.4, 0.5) is 5.82 Å². The molecule has 0 aliphatic heterocycles. The smallest absolute Gasteiger partial charge is 0.151 e. The molecule has 1 saturated carbocycles. The fourth-order valence-corrected chi connectivity index (χ4v) is 1.60. The lowest BCUT2D eigenvalue weighted by atomic mass is 10.3. The van der Waals surface area contributed by atoms with Gasteiger partial charge in [0, 0.05) is 13.1 Å². The number of rotatable bonds is 5. The molecule has 0 atom stereocenters. The first-order valence-corrected chi connectivity index (χ1v) is 5.52. The van der Waals surface area contributed by atoms with Gasteiger partial charge < -0.3 is 10.0 Å². The van der Waals surface area contributed by atoms with Gasteiger partial charge in [0.1, 0.15) is 0 Å². The van der Waals surface area contributed by atoms with Crippen molar-refractivity contribution in [2.24, 2.45) is 5.92 Å². The third-order valence-electron chi connectivity index (χ3n) is 2.75. The molecular formula is C11H17N3O. The molecule has 1 fully saturated rings. The summed E-state index contributed by atoms with van der Waals surface area (Å²) in [5.41, 5.74) is 0.626. The Morgan fingerprint density at radius 3 is 2.67 bits per heavy atom. The van der Waals surface area contributed by atoms with Crippen LogP contribution in [0.25, 0.3) is 0 Å². The Hall–Kier alpha value is -1.16. The lowest BCUT2D eigenvalue weighted by Gasteiger charge is -2.20. The van der Waals surface area contributed by atoms with Gasteiger partial charge >= 0.3 is 0 Å². The highest BCUT2D eigenvalue weighted by molar-refractivity contribution is 5.37. The molecule has 15 heavy (non-hydrogen) atoms. The van der Waals surface area contributed by atoms with Gasteiger partial charge in [0.15, 0.2) is 5.82 Å². The fraction of sp³-hybridized carbons (Fsp3) is 0.636. The molecule has 0 radical (unpaired) electrons. The van der Waals surface area contributed by atoms with Gasteiger partial charge in [0.2, 0.25) is 0 Å². The Labute approximate surface area is 89.9 Å². The number of hydrogen-bond acceptors (Lipinski definition) is 4. The summed E-state index contributed by atoms with van der Waals surface area (Å²) in [5, 5.41) is 16.9. The first-order chi connectivity index (χ1) is 7.33. The maximum atomic E-state index is 8.86. The predicted octanol–water partition coefficient (Wildman–Crippen LogP) is 1.21. The third kappa shape index (κ3) is 2.65. The average molecular weight is 207 g/mol. The van der Waals surface area contributed by atoms with Crippen molar-refractivity contribution in [3.8, 4) is 0 Å². The van der Waals surface area contributed by atoms with E-state index >= 15 is 0 Å². The molecule has 1 aliphatic rings. The van der Waals surface area contributed by atoms with E-state index in [0.717, 1.165) is 24.8 Å². The number of anilines is 1. The van der Waals surface area contributed by atoms with E-state index in [0.29, 0.717) is 5.69 Å². The van der Waals surface area contributed by atoms with Crippen molar-refractivity contribution < 1.29 is 5.11 Å². The van der Waals surface area contributed by atoms with Gasteiger partial charge in [-0.1, -0.05) is 0 Å². The molecule has 0 spiro atoms. The van der Waals surface area contributed by atoms with Crippen molar-refractivity contribution in [3.63, 3.8) is 0 Å². The molecule has 1 N–H and O–H groups in total. The maximum Gasteiger partial charge on any atom is 0.151 e. The van der Waals surface area contributed by atoms with Gasteiger partial charge in [0.25, 0.3) is 0 Å². The van der Waals surface area contributed by atoms with Crippen LogP contribution in [0.15, 0.2) is 12.1 Å². The lowest BCUT2D eigenvalue weighted by molar-refractivity contribution is 0.275. The van der Waals surface area contributed by atoms with Crippen LogP contribution in [0.2, 0.25) is 0 Å². The molecule has 1 aromatic rings. The molecule has 1 heterocycles. The van der Waals surface area contributed by atoms with Gasteiger partial charge in [-0.3, -0.25) is 0 Å². The van der Waals surface area contributed by atoms with Crippen LogP contribution < -0.4 is 4.90 Å². The van der Waals surface area contributed by atoms with Crippen molar-refractivity contribution in [1.29, 1.82) is 0 Å². The molecule has 2 rings (SSSR count). The van der Waals surface area contributed by atoms with Crippen molar-refractivity contribution in [1.82, 2.24) is 10.2 Å². The van der Waals surface area contributed by atoms with E-state index in [-0.39, 0.29) is 6.61 Å². The summed E-state index contributed by atoms with van der Waals surface area (Å²) in [6.45, 7) is 4.14. The van der Waals surface area contributed by atoms with E-state index in [9.17, 15) is 0 Å². The second kappa shape index (κ2) is 4.57. The molecule has 0 bridgehead atoms. The van der Waals surface area contributed by atoms with E-state index < -0.39 is 0 Å². The van der Waals surface area contributed by atoms with Crippen LogP contribution >= 0.6 is 0 Å². The minimum absolute atomic E-state index is 0.0397. The summed E-state index contributed by atoms with van der Waals surface area (Å²) < 4.78 is 0. The first-order valence-electron chi connectivity index (χ1n) is 5.52. The number of aliphatic hydroxyl groups excluding tert-OH is 1. The molecule has 0 unspecified atom stereocenters. The van der Waals surface area contributed by atoms with Crippen molar-refractivity contribution in [2.75, 3.05) is 18.0 Å². The minimum Gasteiger partial charge on any atom is -0.390 e. The zero-order valence-electron chi connectivity index (χ0n) is 9.06. The summed E-state index contributed by atoms with van der Waals surface area (Å²) >= 11 is 0. The first kappa shape index (κ1) is 10.4. The topological polar surface area (TPSA) is 49.2 Å². The maximum absolute atomic E-state index is 8.86. The zero-order valence-corrected chi connectivity index (χ0v) is 9.06. The number of nitrogens with zero attached hydrogens (tertiary/aromatic N) is 3. The highest BCUT2D eigenvalue weighted by Crippen LogP contribution is 2.30. The second-order valence-corrected chi connectivity index (χ2v) is 4.02. The van der Waals surface area contributed by atoms with Crippen LogP contribution in [0.1, 0.15) is 25.5 Å². The average Bonchev–Trinajstić information content (AvgIpc) is 3.10. The fourth-order valence-electron chi connectivity index (χ4n) is 1.60. The van der Waals surface area contributed by atoms with E-state index in [4.69, 9.17) is 5.11 Å². The highest BCUT2D eigenvalue weighted by atomic mass is 16.3.